The minimum Gasteiger partial charge on any atom is -0.468 e. The SMILES string of the molecule is CC1CCCN(C(=O)C(CSCc2ccccc2)NCC2CO2)C1.CCOC=O. The number of hydrogen-bond acceptors (Lipinski definition) is 6. The van der Waals surface area contributed by atoms with Gasteiger partial charge in [-0.05, 0) is 31.2 Å². The van der Waals surface area contributed by atoms with E-state index < -0.39 is 0 Å². The summed E-state index contributed by atoms with van der Waals surface area (Å²) < 4.78 is 9.43. The summed E-state index contributed by atoms with van der Waals surface area (Å²) in [6.07, 6.45) is 2.67. The van der Waals surface area contributed by atoms with Gasteiger partial charge in [0.2, 0.25) is 5.91 Å². The van der Waals surface area contributed by atoms with Crippen molar-refractivity contribution in [1.29, 1.82) is 0 Å². The maximum Gasteiger partial charge on any atom is 0.293 e. The van der Waals surface area contributed by atoms with E-state index in [0.717, 1.165) is 44.2 Å². The molecule has 0 aliphatic carbocycles. The smallest absolute Gasteiger partial charge is 0.293 e. The van der Waals surface area contributed by atoms with Gasteiger partial charge in [-0.2, -0.15) is 11.8 Å². The molecule has 29 heavy (non-hydrogen) atoms. The number of nitrogens with one attached hydrogen (secondary N) is 1. The van der Waals surface area contributed by atoms with Crippen LogP contribution in [0.25, 0.3) is 0 Å². The Labute approximate surface area is 178 Å². The zero-order valence-electron chi connectivity index (χ0n) is 17.5. The van der Waals surface area contributed by atoms with Crippen molar-refractivity contribution in [3.63, 3.8) is 0 Å². The Morgan fingerprint density at radius 1 is 1.41 bits per heavy atom. The molecule has 1 aromatic rings. The Bertz CT molecular complexity index is 598. The van der Waals surface area contributed by atoms with Gasteiger partial charge in [-0.1, -0.05) is 37.3 Å². The first-order valence-corrected chi connectivity index (χ1v) is 11.6. The third kappa shape index (κ3) is 9.65. The van der Waals surface area contributed by atoms with Crippen molar-refractivity contribution in [1.82, 2.24) is 10.2 Å². The number of benzene rings is 1. The molecule has 2 fully saturated rings. The molecule has 2 aliphatic heterocycles. The number of thioether (sulfide) groups is 1. The van der Waals surface area contributed by atoms with E-state index in [2.05, 4.69) is 46.1 Å². The van der Waals surface area contributed by atoms with E-state index in [1.165, 1.54) is 12.0 Å². The van der Waals surface area contributed by atoms with Crippen LogP contribution in [0.15, 0.2) is 30.3 Å². The lowest BCUT2D eigenvalue weighted by atomic mass is 10.00. The van der Waals surface area contributed by atoms with Gasteiger partial charge in [0.1, 0.15) is 0 Å². The van der Waals surface area contributed by atoms with E-state index in [-0.39, 0.29) is 11.9 Å². The quantitative estimate of drug-likeness (QED) is 0.462. The predicted octanol–water partition coefficient (Wildman–Crippen LogP) is 2.71. The van der Waals surface area contributed by atoms with Gasteiger partial charge in [0.05, 0.1) is 25.4 Å². The molecule has 3 rings (SSSR count). The second kappa shape index (κ2) is 13.6. The molecule has 3 atom stereocenters. The van der Waals surface area contributed by atoms with Crippen LogP contribution in [0.4, 0.5) is 0 Å². The number of piperidine rings is 1. The number of likely N-dealkylation sites (tertiary alicyclic amines) is 1. The third-order valence-corrected chi connectivity index (χ3v) is 6.00. The van der Waals surface area contributed by atoms with E-state index in [1.54, 1.807) is 6.92 Å². The zero-order chi connectivity index (χ0) is 20.9. The summed E-state index contributed by atoms with van der Waals surface area (Å²) in [5.41, 5.74) is 1.31. The van der Waals surface area contributed by atoms with Gasteiger partial charge < -0.3 is 19.7 Å². The maximum atomic E-state index is 12.9. The summed E-state index contributed by atoms with van der Waals surface area (Å²) in [5, 5.41) is 3.44. The molecular weight excluding hydrogens is 388 g/mol. The predicted molar refractivity (Wildman–Crippen MR) is 117 cm³/mol. The molecule has 2 aliphatic rings. The van der Waals surface area contributed by atoms with E-state index in [1.807, 2.05) is 17.8 Å². The van der Waals surface area contributed by atoms with Crippen molar-refractivity contribution in [2.24, 2.45) is 5.92 Å². The van der Waals surface area contributed by atoms with Crippen molar-refractivity contribution in [2.45, 2.75) is 44.6 Å². The van der Waals surface area contributed by atoms with Crippen LogP contribution in [0.1, 0.15) is 32.3 Å². The third-order valence-electron chi connectivity index (χ3n) is 4.89. The first-order valence-electron chi connectivity index (χ1n) is 10.4. The number of epoxide rings is 1. The fraction of sp³-hybridized carbons (Fsp3) is 0.636. The Hall–Kier alpha value is -1.57. The van der Waals surface area contributed by atoms with Crippen molar-refractivity contribution < 1.29 is 19.1 Å². The van der Waals surface area contributed by atoms with Gasteiger partial charge in [0.15, 0.2) is 0 Å². The highest BCUT2D eigenvalue weighted by atomic mass is 32.2. The standard InChI is InChI=1S/C19H28N2O2S.C3H6O2/c1-15-6-5-9-21(11-15)19(22)18(20-10-17-12-23-17)14-24-13-16-7-3-2-4-8-16;1-2-5-3-4/h2-4,7-8,15,17-18,20H,5-6,9-14H2,1H3;3H,2H2,1H3. The van der Waals surface area contributed by atoms with Gasteiger partial charge in [0, 0.05) is 31.1 Å². The van der Waals surface area contributed by atoms with Gasteiger partial charge in [-0.3, -0.25) is 9.59 Å². The molecule has 7 heteroatoms. The van der Waals surface area contributed by atoms with Crippen molar-refractivity contribution in [3.8, 4) is 0 Å². The number of nitrogens with zero attached hydrogens (tertiary/aromatic N) is 1. The number of hydrogen-bond donors (Lipinski definition) is 1. The molecule has 1 N–H and O–H groups in total. The highest BCUT2D eigenvalue weighted by Gasteiger charge is 2.30. The fourth-order valence-electron chi connectivity index (χ4n) is 3.22. The van der Waals surface area contributed by atoms with Gasteiger partial charge in [0.25, 0.3) is 6.47 Å². The minimum atomic E-state index is -0.104. The van der Waals surface area contributed by atoms with Gasteiger partial charge in [-0.25, -0.2) is 0 Å². The molecule has 0 saturated carbocycles. The average molecular weight is 423 g/mol. The topological polar surface area (TPSA) is 71.2 Å². The second-order valence-corrected chi connectivity index (χ2v) is 8.53. The molecule has 1 amide bonds. The molecule has 3 unspecified atom stereocenters. The largest absolute Gasteiger partial charge is 0.468 e. The lowest BCUT2D eigenvalue weighted by Gasteiger charge is -2.33. The zero-order valence-corrected chi connectivity index (χ0v) is 18.4. The summed E-state index contributed by atoms with van der Waals surface area (Å²) in [7, 11) is 0. The van der Waals surface area contributed by atoms with Gasteiger partial charge in [-0.15, -0.1) is 0 Å². The first kappa shape index (κ1) is 23.7. The van der Waals surface area contributed by atoms with Crippen LogP contribution in [-0.4, -0.2) is 68.0 Å². The van der Waals surface area contributed by atoms with Crippen LogP contribution < -0.4 is 5.32 Å². The molecule has 0 spiro atoms. The van der Waals surface area contributed by atoms with Crippen molar-refractivity contribution in [2.75, 3.05) is 38.6 Å². The number of carbonyl (C=O) groups excluding carboxylic acids is 2. The van der Waals surface area contributed by atoms with Crippen LogP contribution in [0.2, 0.25) is 0 Å². The molecule has 0 bridgehead atoms. The molecule has 0 radical (unpaired) electrons. The van der Waals surface area contributed by atoms with E-state index in [0.29, 0.717) is 25.1 Å². The van der Waals surface area contributed by atoms with E-state index in [9.17, 15) is 9.59 Å². The van der Waals surface area contributed by atoms with Crippen molar-refractivity contribution in [3.05, 3.63) is 35.9 Å². The van der Waals surface area contributed by atoms with Crippen LogP contribution in [-0.2, 0) is 24.8 Å². The molecule has 0 aromatic heterocycles. The van der Waals surface area contributed by atoms with E-state index >= 15 is 0 Å². The molecule has 162 valence electrons. The van der Waals surface area contributed by atoms with Crippen LogP contribution >= 0.6 is 11.8 Å². The number of carbonyl (C=O) groups is 2. The summed E-state index contributed by atoms with van der Waals surface area (Å²) in [5.74, 6) is 2.64. The van der Waals surface area contributed by atoms with Crippen molar-refractivity contribution >= 4 is 24.1 Å². The van der Waals surface area contributed by atoms with Crippen LogP contribution in [0.3, 0.4) is 0 Å². The molecule has 2 saturated heterocycles. The Morgan fingerprint density at radius 3 is 2.76 bits per heavy atom. The number of amides is 1. The highest BCUT2D eigenvalue weighted by molar-refractivity contribution is 7.98. The van der Waals surface area contributed by atoms with E-state index in [4.69, 9.17) is 4.74 Å². The average Bonchev–Trinajstić information content (AvgIpc) is 3.56. The maximum absolute atomic E-state index is 12.9. The molecule has 1 aromatic carbocycles. The Kier molecular flexibility index (Phi) is 11.1. The summed E-state index contributed by atoms with van der Waals surface area (Å²) in [4.78, 5) is 24.2. The number of ether oxygens (including phenoxy) is 2. The molecular formula is C22H34N2O4S. The second-order valence-electron chi connectivity index (χ2n) is 7.50. The van der Waals surface area contributed by atoms with Crippen LogP contribution in [0.5, 0.6) is 0 Å². The molecule has 6 nitrogen and oxygen atoms in total. The number of rotatable bonds is 10. The first-order chi connectivity index (χ1) is 14.1. The fourth-order valence-corrected chi connectivity index (χ4v) is 4.27. The van der Waals surface area contributed by atoms with Gasteiger partial charge >= 0.3 is 0 Å². The van der Waals surface area contributed by atoms with Crippen LogP contribution in [0, 0.1) is 5.92 Å². The normalized spacial score (nSPS) is 21.5. The Morgan fingerprint density at radius 2 is 2.17 bits per heavy atom. The highest BCUT2D eigenvalue weighted by Crippen LogP contribution is 2.19. The minimum absolute atomic E-state index is 0.104. The monoisotopic (exact) mass is 422 g/mol. The Balaban J connectivity index is 0.000000537. The summed E-state index contributed by atoms with van der Waals surface area (Å²) in [6.45, 7) is 8.32. The lowest BCUT2D eigenvalue weighted by Crippen LogP contribution is -2.51. The molecule has 2 heterocycles. The lowest BCUT2D eigenvalue weighted by molar-refractivity contribution is -0.134. The summed E-state index contributed by atoms with van der Waals surface area (Å²) in [6, 6.07) is 10.3. The summed E-state index contributed by atoms with van der Waals surface area (Å²) >= 11 is 1.83.